The molecule has 2 aromatic rings. The Hall–Kier alpha value is -1.20. The van der Waals surface area contributed by atoms with Crippen molar-refractivity contribution in [1.82, 2.24) is 4.98 Å². The molecule has 0 saturated carbocycles. The minimum atomic E-state index is -0.00152. The van der Waals surface area contributed by atoms with E-state index in [2.05, 4.69) is 45.3 Å². The van der Waals surface area contributed by atoms with Crippen molar-refractivity contribution < 1.29 is 4.79 Å². The van der Waals surface area contributed by atoms with Crippen LogP contribution in [-0.4, -0.2) is 10.9 Å². The molecule has 1 amide bonds. The van der Waals surface area contributed by atoms with Crippen LogP contribution >= 0.6 is 27.3 Å². The number of benzene rings is 1. The van der Waals surface area contributed by atoms with Gasteiger partial charge >= 0.3 is 0 Å². The lowest BCUT2D eigenvalue weighted by molar-refractivity contribution is -0.116. The molecule has 0 bridgehead atoms. The van der Waals surface area contributed by atoms with Gasteiger partial charge in [-0.25, -0.2) is 4.98 Å². The van der Waals surface area contributed by atoms with Gasteiger partial charge in [-0.2, -0.15) is 0 Å². The summed E-state index contributed by atoms with van der Waals surface area (Å²) in [5.74, 6) is -0.00152. The van der Waals surface area contributed by atoms with E-state index in [4.69, 9.17) is 0 Å². The number of carbonyl (C=O) groups is 1. The molecular weight excluding hydrogens is 312 g/mol. The van der Waals surface area contributed by atoms with Gasteiger partial charge in [0, 0.05) is 6.42 Å². The number of halogens is 1. The Bertz CT molecular complexity index is 553. The number of thiazole rings is 1. The van der Waals surface area contributed by atoms with Gasteiger partial charge < -0.3 is 5.32 Å². The van der Waals surface area contributed by atoms with Gasteiger partial charge in [0.1, 0.15) is 0 Å². The lowest BCUT2D eigenvalue weighted by atomic mass is 10.1. The highest BCUT2D eigenvalue weighted by atomic mass is 79.9. The van der Waals surface area contributed by atoms with E-state index in [9.17, 15) is 4.79 Å². The summed E-state index contributed by atoms with van der Waals surface area (Å²) in [5, 5.41) is 3.42. The molecule has 3 nitrogen and oxygen atoms in total. The van der Waals surface area contributed by atoms with Gasteiger partial charge in [0.2, 0.25) is 5.91 Å². The van der Waals surface area contributed by atoms with Crippen LogP contribution in [-0.2, 0) is 11.2 Å². The Labute approximate surface area is 118 Å². The van der Waals surface area contributed by atoms with Crippen LogP contribution in [0.2, 0.25) is 0 Å². The quantitative estimate of drug-likeness (QED) is 0.929. The molecule has 18 heavy (non-hydrogen) atoms. The van der Waals surface area contributed by atoms with E-state index < -0.39 is 0 Å². The molecule has 0 aliphatic carbocycles. The molecule has 0 aliphatic rings. The van der Waals surface area contributed by atoms with Crippen molar-refractivity contribution in [3.8, 4) is 0 Å². The zero-order valence-corrected chi connectivity index (χ0v) is 12.3. The van der Waals surface area contributed by atoms with E-state index in [1.807, 2.05) is 12.1 Å². The summed E-state index contributed by atoms with van der Waals surface area (Å²) in [6, 6.07) is 8.21. The number of hydrogen-bond donors (Lipinski definition) is 1. The van der Waals surface area contributed by atoms with Crippen LogP contribution in [0, 0.1) is 6.92 Å². The molecule has 0 saturated heterocycles. The molecule has 2 rings (SSSR count). The fraction of sp³-hybridized carbons (Fsp3) is 0.231. The van der Waals surface area contributed by atoms with E-state index in [-0.39, 0.29) is 5.91 Å². The smallest absolute Gasteiger partial charge is 0.226 e. The number of aryl methyl sites for hydroxylation is 2. The molecule has 1 N–H and O–H groups in total. The first-order valence-corrected chi connectivity index (χ1v) is 7.21. The van der Waals surface area contributed by atoms with E-state index in [0.717, 1.165) is 10.2 Å². The summed E-state index contributed by atoms with van der Waals surface area (Å²) in [5.41, 5.74) is 2.40. The normalized spacial score (nSPS) is 10.3. The Balaban J connectivity index is 1.85. The molecule has 94 valence electrons. The predicted octanol–water partition coefficient (Wildman–Crippen LogP) is 3.79. The maximum Gasteiger partial charge on any atom is 0.226 e. The molecule has 0 spiro atoms. The Morgan fingerprint density at radius 2 is 2.33 bits per heavy atom. The number of carbonyl (C=O) groups excluding carboxylic acids is 1. The van der Waals surface area contributed by atoms with Gasteiger partial charge in [-0.1, -0.05) is 41.2 Å². The molecule has 1 aromatic heterocycles. The standard InChI is InChI=1S/C13H13BrN2OS/c1-9-3-2-4-10(7-9)5-6-12(17)16-13-15-8-11(14)18-13/h2-4,7-8H,5-6H2,1H3,(H,15,16,17). The van der Waals surface area contributed by atoms with Crippen LogP contribution in [0.1, 0.15) is 17.5 Å². The number of nitrogens with one attached hydrogen (secondary N) is 1. The van der Waals surface area contributed by atoms with E-state index in [0.29, 0.717) is 11.6 Å². The van der Waals surface area contributed by atoms with Gasteiger partial charge in [-0.3, -0.25) is 4.79 Å². The van der Waals surface area contributed by atoms with Gasteiger partial charge in [0.25, 0.3) is 0 Å². The SMILES string of the molecule is Cc1cccc(CCC(=O)Nc2ncc(Br)s2)c1. The lowest BCUT2D eigenvalue weighted by Gasteiger charge is -2.03. The molecule has 0 unspecified atom stereocenters. The number of anilines is 1. The van der Waals surface area contributed by atoms with Crippen molar-refractivity contribution in [3.05, 3.63) is 45.4 Å². The van der Waals surface area contributed by atoms with Crippen LogP contribution in [0.4, 0.5) is 5.13 Å². The first-order valence-electron chi connectivity index (χ1n) is 5.60. The van der Waals surface area contributed by atoms with Gasteiger partial charge in [0.05, 0.1) is 9.98 Å². The predicted molar refractivity (Wildman–Crippen MR) is 77.9 cm³/mol. The zero-order chi connectivity index (χ0) is 13.0. The summed E-state index contributed by atoms with van der Waals surface area (Å²) >= 11 is 4.72. The van der Waals surface area contributed by atoms with Crippen LogP contribution in [0.5, 0.6) is 0 Å². The topological polar surface area (TPSA) is 42.0 Å². The summed E-state index contributed by atoms with van der Waals surface area (Å²) in [4.78, 5) is 15.8. The second-order valence-electron chi connectivity index (χ2n) is 4.01. The Morgan fingerprint density at radius 3 is 3.00 bits per heavy atom. The first-order chi connectivity index (χ1) is 8.63. The van der Waals surface area contributed by atoms with Gasteiger partial charge in [-0.15, -0.1) is 0 Å². The highest BCUT2D eigenvalue weighted by Gasteiger charge is 2.06. The van der Waals surface area contributed by atoms with Crippen molar-refractivity contribution in [3.63, 3.8) is 0 Å². The maximum atomic E-state index is 11.7. The van der Waals surface area contributed by atoms with Crippen LogP contribution in [0.15, 0.2) is 34.2 Å². The van der Waals surface area contributed by atoms with Crippen molar-refractivity contribution in [2.45, 2.75) is 19.8 Å². The monoisotopic (exact) mass is 324 g/mol. The fourth-order valence-corrected chi connectivity index (χ4v) is 2.74. The van der Waals surface area contributed by atoms with Crippen molar-refractivity contribution in [1.29, 1.82) is 0 Å². The second kappa shape index (κ2) is 6.11. The molecular formula is C13H13BrN2OS. The second-order valence-corrected chi connectivity index (χ2v) is 6.42. The zero-order valence-electron chi connectivity index (χ0n) is 9.94. The summed E-state index contributed by atoms with van der Waals surface area (Å²) in [7, 11) is 0. The molecule has 0 atom stereocenters. The van der Waals surface area contributed by atoms with Gasteiger partial charge in [0.15, 0.2) is 5.13 Å². The summed E-state index contributed by atoms with van der Waals surface area (Å²) in [6.45, 7) is 2.05. The summed E-state index contributed by atoms with van der Waals surface area (Å²) in [6.07, 6.45) is 2.90. The minimum absolute atomic E-state index is 0.00152. The Kier molecular flexibility index (Phi) is 4.49. The molecule has 0 fully saturated rings. The lowest BCUT2D eigenvalue weighted by Crippen LogP contribution is -2.12. The maximum absolute atomic E-state index is 11.7. The van der Waals surface area contributed by atoms with E-state index in [1.54, 1.807) is 6.20 Å². The summed E-state index contributed by atoms with van der Waals surface area (Å²) < 4.78 is 0.913. The van der Waals surface area contributed by atoms with E-state index >= 15 is 0 Å². The number of rotatable bonds is 4. The molecule has 1 aromatic carbocycles. The molecule has 0 radical (unpaired) electrons. The van der Waals surface area contributed by atoms with Crippen LogP contribution in [0.25, 0.3) is 0 Å². The third-order valence-electron chi connectivity index (χ3n) is 2.45. The van der Waals surface area contributed by atoms with Crippen molar-refractivity contribution in [2.24, 2.45) is 0 Å². The first kappa shape index (κ1) is 13.2. The average molecular weight is 325 g/mol. The number of hydrogen-bond acceptors (Lipinski definition) is 3. The largest absolute Gasteiger partial charge is 0.302 e. The molecule has 1 heterocycles. The number of aromatic nitrogens is 1. The minimum Gasteiger partial charge on any atom is -0.302 e. The third-order valence-corrected chi connectivity index (χ3v) is 3.84. The van der Waals surface area contributed by atoms with Crippen molar-refractivity contribution in [2.75, 3.05) is 5.32 Å². The number of amides is 1. The van der Waals surface area contributed by atoms with Crippen LogP contribution < -0.4 is 5.32 Å². The van der Waals surface area contributed by atoms with Crippen molar-refractivity contribution >= 4 is 38.3 Å². The molecule has 5 heteroatoms. The Morgan fingerprint density at radius 1 is 1.50 bits per heavy atom. The molecule has 0 aliphatic heterocycles. The highest BCUT2D eigenvalue weighted by molar-refractivity contribution is 9.11. The number of nitrogens with zero attached hydrogens (tertiary/aromatic N) is 1. The van der Waals surface area contributed by atoms with Gasteiger partial charge in [-0.05, 0) is 34.8 Å². The fourth-order valence-electron chi connectivity index (χ4n) is 1.62. The highest BCUT2D eigenvalue weighted by Crippen LogP contribution is 2.23. The third kappa shape index (κ3) is 3.92. The van der Waals surface area contributed by atoms with Crippen LogP contribution in [0.3, 0.4) is 0 Å². The average Bonchev–Trinajstić information content (AvgIpc) is 2.72. The van der Waals surface area contributed by atoms with E-state index in [1.165, 1.54) is 22.5 Å².